The molecule has 0 aromatic heterocycles. The van der Waals surface area contributed by atoms with E-state index >= 15 is 0 Å². The van der Waals surface area contributed by atoms with Crippen molar-refractivity contribution < 1.29 is 14.3 Å². The minimum atomic E-state index is -0.484. The number of hydrogen-bond acceptors (Lipinski definition) is 3. The van der Waals surface area contributed by atoms with E-state index in [9.17, 15) is 4.79 Å². The summed E-state index contributed by atoms with van der Waals surface area (Å²) in [5, 5.41) is 0. The summed E-state index contributed by atoms with van der Waals surface area (Å²) in [6, 6.07) is 7.36. The van der Waals surface area contributed by atoms with Crippen molar-refractivity contribution >= 4 is 5.91 Å². The molecule has 0 bridgehead atoms. The van der Waals surface area contributed by atoms with Crippen molar-refractivity contribution in [2.75, 3.05) is 27.3 Å². The SMILES string of the molecule is C#CCN(CC(OC)OC)C(=O)c1ccc(C)cc1. The molecule has 1 amide bonds. The normalized spacial score (nSPS) is 10.3. The Morgan fingerprint density at radius 3 is 2.37 bits per heavy atom. The quantitative estimate of drug-likeness (QED) is 0.578. The summed E-state index contributed by atoms with van der Waals surface area (Å²) in [6.45, 7) is 2.49. The molecule has 1 rings (SSSR count). The van der Waals surface area contributed by atoms with E-state index in [2.05, 4.69) is 5.92 Å². The first kappa shape index (κ1) is 15.2. The van der Waals surface area contributed by atoms with Gasteiger partial charge in [-0.2, -0.15) is 0 Å². The molecule has 0 aliphatic heterocycles. The molecule has 0 N–H and O–H groups in total. The molecule has 0 radical (unpaired) electrons. The number of methoxy groups -OCH3 is 2. The van der Waals surface area contributed by atoms with Gasteiger partial charge >= 0.3 is 0 Å². The van der Waals surface area contributed by atoms with Crippen LogP contribution in [0.3, 0.4) is 0 Å². The highest BCUT2D eigenvalue weighted by atomic mass is 16.7. The molecule has 4 nitrogen and oxygen atoms in total. The number of hydrogen-bond donors (Lipinski definition) is 0. The number of nitrogens with zero attached hydrogens (tertiary/aromatic N) is 1. The molecule has 0 unspecified atom stereocenters. The first-order valence-corrected chi connectivity index (χ1v) is 5.97. The van der Waals surface area contributed by atoms with Crippen LogP contribution in [0.25, 0.3) is 0 Å². The third-order valence-electron chi connectivity index (χ3n) is 2.76. The van der Waals surface area contributed by atoms with Crippen molar-refractivity contribution in [1.29, 1.82) is 0 Å². The highest BCUT2D eigenvalue weighted by Crippen LogP contribution is 2.08. The van der Waals surface area contributed by atoms with Gasteiger partial charge < -0.3 is 14.4 Å². The van der Waals surface area contributed by atoms with Gasteiger partial charge in [0.1, 0.15) is 0 Å². The standard InChI is InChI=1S/C15H19NO3/c1-5-10-16(11-14(18-3)19-4)15(17)13-8-6-12(2)7-9-13/h1,6-9,14H,10-11H2,2-4H3. The van der Waals surface area contributed by atoms with Gasteiger partial charge in [-0.25, -0.2) is 0 Å². The van der Waals surface area contributed by atoms with Crippen molar-refractivity contribution in [1.82, 2.24) is 4.90 Å². The first-order valence-electron chi connectivity index (χ1n) is 5.97. The number of ether oxygens (including phenoxy) is 2. The van der Waals surface area contributed by atoms with Gasteiger partial charge in [0.05, 0.1) is 13.1 Å². The summed E-state index contributed by atoms with van der Waals surface area (Å²) in [5.41, 5.74) is 1.71. The van der Waals surface area contributed by atoms with Crippen LogP contribution in [0.1, 0.15) is 15.9 Å². The number of carbonyl (C=O) groups is 1. The van der Waals surface area contributed by atoms with E-state index in [0.29, 0.717) is 12.1 Å². The predicted molar refractivity (Wildman–Crippen MR) is 73.7 cm³/mol. The molecule has 4 heteroatoms. The maximum Gasteiger partial charge on any atom is 0.254 e. The van der Waals surface area contributed by atoms with Gasteiger partial charge in [-0.05, 0) is 19.1 Å². The Balaban J connectivity index is 2.83. The second-order valence-corrected chi connectivity index (χ2v) is 4.16. The summed E-state index contributed by atoms with van der Waals surface area (Å²) in [7, 11) is 3.05. The Hall–Kier alpha value is -1.83. The minimum Gasteiger partial charge on any atom is -0.354 e. The fourth-order valence-corrected chi connectivity index (χ4v) is 1.63. The van der Waals surface area contributed by atoms with Crippen molar-refractivity contribution in [3.05, 3.63) is 35.4 Å². The average Bonchev–Trinajstić information content (AvgIpc) is 2.43. The average molecular weight is 261 g/mol. The zero-order valence-corrected chi connectivity index (χ0v) is 11.6. The summed E-state index contributed by atoms with van der Waals surface area (Å²) in [4.78, 5) is 13.9. The first-order chi connectivity index (χ1) is 9.12. The molecule has 102 valence electrons. The third kappa shape index (κ3) is 4.40. The Labute approximate surface area is 114 Å². The molecule has 0 fully saturated rings. The monoisotopic (exact) mass is 261 g/mol. The fraction of sp³-hybridized carbons (Fsp3) is 0.400. The number of rotatable bonds is 6. The maximum atomic E-state index is 12.3. The van der Waals surface area contributed by atoms with Crippen LogP contribution >= 0.6 is 0 Å². The van der Waals surface area contributed by atoms with Crippen LogP contribution in [-0.2, 0) is 9.47 Å². The molecule has 19 heavy (non-hydrogen) atoms. The van der Waals surface area contributed by atoms with E-state index < -0.39 is 6.29 Å². The lowest BCUT2D eigenvalue weighted by atomic mass is 10.1. The van der Waals surface area contributed by atoms with Crippen LogP contribution < -0.4 is 0 Å². The number of terminal acetylenes is 1. The Morgan fingerprint density at radius 1 is 1.32 bits per heavy atom. The van der Waals surface area contributed by atoms with Gasteiger partial charge in [-0.15, -0.1) is 6.42 Å². The predicted octanol–water partition coefficient (Wildman–Crippen LogP) is 1.69. The maximum absolute atomic E-state index is 12.3. The minimum absolute atomic E-state index is 0.128. The molecule has 0 saturated carbocycles. The molecule has 0 aliphatic carbocycles. The molecule has 1 aromatic rings. The molecule has 0 saturated heterocycles. The number of amides is 1. The van der Waals surface area contributed by atoms with Crippen LogP contribution in [-0.4, -0.2) is 44.4 Å². The second kappa shape index (κ2) is 7.57. The van der Waals surface area contributed by atoms with E-state index in [1.165, 1.54) is 19.1 Å². The lowest BCUT2D eigenvalue weighted by Crippen LogP contribution is -2.39. The number of benzene rings is 1. The van der Waals surface area contributed by atoms with Gasteiger partial charge in [0.15, 0.2) is 6.29 Å². The van der Waals surface area contributed by atoms with Crippen LogP contribution in [0.5, 0.6) is 0 Å². The molecule has 0 spiro atoms. The Morgan fingerprint density at radius 2 is 1.89 bits per heavy atom. The van der Waals surface area contributed by atoms with Gasteiger partial charge in [0.2, 0.25) is 0 Å². The molecular weight excluding hydrogens is 242 g/mol. The summed E-state index contributed by atoms with van der Waals surface area (Å²) in [6.07, 6.45) is 4.82. The van der Waals surface area contributed by atoms with Crippen LogP contribution in [0.15, 0.2) is 24.3 Å². The summed E-state index contributed by atoms with van der Waals surface area (Å²) >= 11 is 0. The largest absolute Gasteiger partial charge is 0.354 e. The number of carbonyl (C=O) groups excluding carboxylic acids is 1. The van der Waals surface area contributed by atoms with Gasteiger partial charge in [0, 0.05) is 19.8 Å². The fourth-order valence-electron chi connectivity index (χ4n) is 1.63. The van der Waals surface area contributed by atoms with E-state index in [0.717, 1.165) is 5.56 Å². The van der Waals surface area contributed by atoms with E-state index in [1.807, 2.05) is 19.1 Å². The molecule has 0 aliphatic rings. The van der Waals surface area contributed by atoms with Crippen LogP contribution in [0.2, 0.25) is 0 Å². The zero-order valence-electron chi connectivity index (χ0n) is 11.6. The summed E-state index contributed by atoms with van der Waals surface area (Å²) < 4.78 is 10.2. The molecule has 1 aromatic carbocycles. The molecular formula is C15H19NO3. The smallest absolute Gasteiger partial charge is 0.254 e. The highest BCUT2D eigenvalue weighted by molar-refractivity contribution is 5.94. The van der Waals surface area contributed by atoms with E-state index in [4.69, 9.17) is 15.9 Å². The van der Waals surface area contributed by atoms with Gasteiger partial charge in [-0.3, -0.25) is 4.79 Å². The van der Waals surface area contributed by atoms with Crippen molar-refractivity contribution in [3.63, 3.8) is 0 Å². The van der Waals surface area contributed by atoms with Crippen molar-refractivity contribution in [3.8, 4) is 12.3 Å². The highest BCUT2D eigenvalue weighted by Gasteiger charge is 2.19. The van der Waals surface area contributed by atoms with Crippen LogP contribution in [0.4, 0.5) is 0 Å². The van der Waals surface area contributed by atoms with Crippen molar-refractivity contribution in [2.24, 2.45) is 0 Å². The van der Waals surface area contributed by atoms with Crippen molar-refractivity contribution in [2.45, 2.75) is 13.2 Å². The third-order valence-corrected chi connectivity index (χ3v) is 2.76. The molecule has 0 heterocycles. The second-order valence-electron chi connectivity index (χ2n) is 4.16. The van der Waals surface area contributed by atoms with E-state index in [-0.39, 0.29) is 12.5 Å². The van der Waals surface area contributed by atoms with Gasteiger partial charge in [0.25, 0.3) is 5.91 Å². The molecule has 0 atom stereocenters. The zero-order chi connectivity index (χ0) is 14.3. The Bertz CT molecular complexity index is 443. The van der Waals surface area contributed by atoms with E-state index in [1.54, 1.807) is 12.1 Å². The van der Waals surface area contributed by atoms with Gasteiger partial charge in [-0.1, -0.05) is 23.6 Å². The lowest BCUT2D eigenvalue weighted by molar-refractivity contribution is -0.111. The lowest BCUT2D eigenvalue weighted by Gasteiger charge is -2.24. The number of aryl methyl sites for hydroxylation is 1. The topological polar surface area (TPSA) is 38.8 Å². The Kier molecular flexibility index (Phi) is 6.07. The summed E-state index contributed by atoms with van der Waals surface area (Å²) in [5.74, 6) is 2.35. The van der Waals surface area contributed by atoms with Crippen LogP contribution in [0, 0.1) is 19.3 Å².